The number of anilines is 1. The molecule has 3 unspecified atom stereocenters. The van der Waals surface area contributed by atoms with Crippen LogP contribution in [0.5, 0.6) is 0 Å². The van der Waals surface area contributed by atoms with Crippen molar-refractivity contribution in [2.45, 2.75) is 31.6 Å². The van der Waals surface area contributed by atoms with E-state index in [-0.39, 0.29) is 17.5 Å². The molecule has 1 fully saturated rings. The molecular weight excluding hydrogens is 389 g/mol. The first-order chi connectivity index (χ1) is 14.3. The molecule has 154 valence electrons. The maximum Gasteiger partial charge on any atom is 0.417 e. The molecule has 0 bridgehead atoms. The van der Waals surface area contributed by atoms with Crippen LogP contribution in [0.25, 0.3) is 10.9 Å². The highest BCUT2D eigenvalue weighted by Gasteiger charge is 2.35. The van der Waals surface area contributed by atoms with Gasteiger partial charge in [0.25, 0.3) is 0 Å². The monoisotopic (exact) mass is 410 g/mol. The highest BCUT2D eigenvalue weighted by atomic mass is 19.4. The Morgan fingerprint density at radius 2 is 2.03 bits per heavy atom. The Balaban J connectivity index is 1.73. The largest absolute Gasteiger partial charge is 0.417 e. The van der Waals surface area contributed by atoms with Gasteiger partial charge in [-0.25, -0.2) is 0 Å². The Hall–Kier alpha value is -3.11. The van der Waals surface area contributed by atoms with E-state index in [2.05, 4.69) is 22.5 Å². The molecule has 0 aliphatic carbocycles. The molecule has 1 aliphatic heterocycles. The summed E-state index contributed by atoms with van der Waals surface area (Å²) in [5, 5.41) is 16.8. The van der Waals surface area contributed by atoms with Crippen LogP contribution in [0.1, 0.15) is 36.1 Å². The van der Waals surface area contributed by atoms with Crippen LogP contribution in [0.2, 0.25) is 0 Å². The molecule has 2 heterocycles. The predicted molar refractivity (Wildman–Crippen MR) is 110 cm³/mol. The number of pyridine rings is 1. The lowest BCUT2D eigenvalue weighted by atomic mass is 9.90. The third-order valence-electron chi connectivity index (χ3n) is 5.61. The number of aromatic nitrogens is 1. The van der Waals surface area contributed by atoms with E-state index < -0.39 is 11.7 Å². The Morgan fingerprint density at radius 1 is 1.20 bits per heavy atom. The van der Waals surface area contributed by atoms with Gasteiger partial charge < -0.3 is 10.6 Å². The number of alkyl halides is 3. The summed E-state index contributed by atoms with van der Waals surface area (Å²) in [7, 11) is 0. The van der Waals surface area contributed by atoms with Gasteiger partial charge in [-0.3, -0.25) is 4.98 Å². The van der Waals surface area contributed by atoms with Crippen LogP contribution in [0.4, 0.5) is 18.9 Å². The summed E-state index contributed by atoms with van der Waals surface area (Å²) in [4.78, 5) is 4.41. The number of nitrogens with one attached hydrogen (secondary N) is 2. The van der Waals surface area contributed by atoms with Gasteiger partial charge in [-0.15, -0.1) is 0 Å². The summed E-state index contributed by atoms with van der Waals surface area (Å²) in [5.41, 5.74) is 0.853. The van der Waals surface area contributed by atoms with E-state index in [1.165, 1.54) is 12.1 Å². The molecule has 1 aliphatic rings. The molecule has 1 saturated heterocycles. The minimum absolute atomic E-state index is 0.192. The van der Waals surface area contributed by atoms with Crippen molar-refractivity contribution >= 4 is 16.6 Å². The molecule has 7 heteroatoms. The van der Waals surface area contributed by atoms with Gasteiger partial charge in [0, 0.05) is 29.9 Å². The minimum atomic E-state index is -4.59. The Morgan fingerprint density at radius 3 is 2.73 bits per heavy atom. The van der Waals surface area contributed by atoms with Crippen LogP contribution >= 0.6 is 0 Å². The summed E-state index contributed by atoms with van der Waals surface area (Å²) in [6.45, 7) is 2.87. The van der Waals surface area contributed by atoms with Gasteiger partial charge in [-0.05, 0) is 55.2 Å². The summed E-state index contributed by atoms with van der Waals surface area (Å²) in [5.74, 6) is 0.200. The molecule has 0 saturated carbocycles. The number of hydrogen-bond acceptors (Lipinski definition) is 4. The first kappa shape index (κ1) is 20.2. The summed E-state index contributed by atoms with van der Waals surface area (Å²) < 4.78 is 40.2. The van der Waals surface area contributed by atoms with Crippen molar-refractivity contribution in [2.24, 2.45) is 5.92 Å². The maximum atomic E-state index is 13.4. The number of nitrogens with zero attached hydrogens (tertiary/aromatic N) is 2. The van der Waals surface area contributed by atoms with Gasteiger partial charge >= 0.3 is 6.18 Å². The number of halogens is 3. The van der Waals surface area contributed by atoms with E-state index in [1.54, 1.807) is 12.3 Å². The van der Waals surface area contributed by atoms with Gasteiger partial charge in [-0.1, -0.05) is 18.2 Å². The average Bonchev–Trinajstić information content (AvgIpc) is 3.17. The molecule has 0 spiro atoms. The Kier molecular flexibility index (Phi) is 5.35. The van der Waals surface area contributed by atoms with E-state index in [4.69, 9.17) is 5.26 Å². The number of benzene rings is 2. The third kappa shape index (κ3) is 4.10. The quantitative estimate of drug-likeness (QED) is 0.615. The van der Waals surface area contributed by atoms with E-state index in [0.717, 1.165) is 35.5 Å². The molecule has 4 rings (SSSR count). The van der Waals surface area contributed by atoms with E-state index in [0.29, 0.717) is 11.7 Å². The first-order valence-electron chi connectivity index (χ1n) is 9.81. The maximum absolute atomic E-state index is 13.4. The van der Waals surface area contributed by atoms with Gasteiger partial charge in [0.1, 0.15) is 0 Å². The van der Waals surface area contributed by atoms with Crippen molar-refractivity contribution in [1.82, 2.24) is 10.3 Å². The van der Waals surface area contributed by atoms with Crippen LogP contribution in [0, 0.1) is 17.2 Å². The molecule has 30 heavy (non-hydrogen) atoms. The fourth-order valence-electron chi connectivity index (χ4n) is 4.12. The molecule has 4 nitrogen and oxygen atoms in total. The van der Waals surface area contributed by atoms with Crippen molar-refractivity contribution in [1.29, 1.82) is 5.26 Å². The zero-order valence-corrected chi connectivity index (χ0v) is 16.4. The van der Waals surface area contributed by atoms with Gasteiger partial charge in [-0.2, -0.15) is 18.4 Å². The lowest BCUT2D eigenvalue weighted by Crippen LogP contribution is -2.23. The van der Waals surface area contributed by atoms with Gasteiger partial charge in [0.2, 0.25) is 0 Å². The second kappa shape index (κ2) is 7.96. The standard InChI is InChI=1S/C23H21F3N4/c1-14-9-18(13-29-14)22(16-5-4-15-3-2-8-28-21(15)10-16)30-19-7-6-17(12-27)20(11-19)23(24,25)26/h2-8,10-11,14,18,22,29-30H,9,13H2,1H3. The fraction of sp³-hybridized carbons (Fsp3) is 0.304. The van der Waals surface area contributed by atoms with Crippen molar-refractivity contribution in [3.8, 4) is 6.07 Å². The van der Waals surface area contributed by atoms with Crippen LogP contribution in [-0.2, 0) is 6.18 Å². The van der Waals surface area contributed by atoms with Crippen LogP contribution < -0.4 is 10.6 Å². The highest BCUT2D eigenvalue weighted by molar-refractivity contribution is 5.79. The minimum Gasteiger partial charge on any atom is -0.378 e. The molecule has 0 radical (unpaired) electrons. The van der Waals surface area contributed by atoms with Crippen LogP contribution in [0.15, 0.2) is 54.7 Å². The second-order valence-corrected chi connectivity index (χ2v) is 7.75. The molecule has 1 aromatic heterocycles. The van der Waals surface area contributed by atoms with E-state index in [1.807, 2.05) is 30.3 Å². The average molecular weight is 410 g/mol. The molecule has 2 aromatic carbocycles. The summed E-state index contributed by atoms with van der Waals surface area (Å²) in [6.07, 6.45) is -1.96. The molecule has 3 aromatic rings. The molecule has 0 amide bonds. The van der Waals surface area contributed by atoms with Crippen molar-refractivity contribution < 1.29 is 13.2 Å². The zero-order valence-electron chi connectivity index (χ0n) is 16.4. The molecular formula is C23H21F3N4. The fourth-order valence-corrected chi connectivity index (χ4v) is 4.12. The SMILES string of the molecule is CC1CC(C(Nc2ccc(C#N)c(C(F)(F)F)c2)c2ccc3cccnc3c2)CN1. The van der Waals surface area contributed by atoms with Gasteiger partial charge in [0.05, 0.1) is 28.8 Å². The van der Waals surface area contributed by atoms with Crippen LogP contribution in [0.3, 0.4) is 0 Å². The van der Waals surface area contributed by atoms with Crippen molar-refractivity contribution in [3.05, 3.63) is 71.4 Å². The van der Waals surface area contributed by atoms with Gasteiger partial charge in [0.15, 0.2) is 0 Å². The second-order valence-electron chi connectivity index (χ2n) is 7.75. The number of nitriles is 1. The van der Waals surface area contributed by atoms with E-state index >= 15 is 0 Å². The normalized spacial score (nSPS) is 20.1. The number of hydrogen-bond donors (Lipinski definition) is 2. The lowest BCUT2D eigenvalue weighted by molar-refractivity contribution is -0.137. The van der Waals surface area contributed by atoms with Crippen molar-refractivity contribution in [3.63, 3.8) is 0 Å². The topological polar surface area (TPSA) is 60.7 Å². The zero-order chi connectivity index (χ0) is 21.3. The number of rotatable bonds is 4. The summed E-state index contributed by atoms with van der Waals surface area (Å²) >= 11 is 0. The molecule has 2 N–H and O–H groups in total. The highest BCUT2D eigenvalue weighted by Crippen LogP contribution is 2.37. The van der Waals surface area contributed by atoms with Crippen LogP contribution in [-0.4, -0.2) is 17.6 Å². The Labute approximate surface area is 172 Å². The summed E-state index contributed by atoms with van der Waals surface area (Å²) in [6, 6.07) is 15.4. The number of fused-ring (bicyclic) bond motifs is 1. The third-order valence-corrected chi connectivity index (χ3v) is 5.61. The first-order valence-corrected chi connectivity index (χ1v) is 9.81. The predicted octanol–water partition coefficient (Wildman–Crippen LogP) is 5.28. The Bertz CT molecular complexity index is 1100. The van der Waals surface area contributed by atoms with E-state index in [9.17, 15) is 13.2 Å². The van der Waals surface area contributed by atoms with Crippen molar-refractivity contribution in [2.75, 3.05) is 11.9 Å². The molecule has 3 atom stereocenters. The smallest absolute Gasteiger partial charge is 0.378 e. The lowest BCUT2D eigenvalue weighted by Gasteiger charge is -2.27.